The highest BCUT2D eigenvalue weighted by atomic mass is 19.1. The number of aldehydes is 1. The SMILES string of the molecule is CC(C)(C)OC(=O)N1CCCC1CC(F)C=O. The fourth-order valence-electron chi connectivity index (χ4n) is 1.96. The van der Waals surface area contributed by atoms with Gasteiger partial charge in [0.1, 0.15) is 5.60 Å². The number of alkyl halides is 1. The molecule has 0 aliphatic carbocycles. The molecule has 2 unspecified atom stereocenters. The first-order chi connectivity index (χ1) is 7.83. The summed E-state index contributed by atoms with van der Waals surface area (Å²) in [6.45, 7) is 5.95. The van der Waals surface area contributed by atoms with Gasteiger partial charge in [0.25, 0.3) is 0 Å². The van der Waals surface area contributed by atoms with Crippen LogP contribution in [0.5, 0.6) is 0 Å². The normalized spacial score (nSPS) is 22.4. The fourth-order valence-corrected chi connectivity index (χ4v) is 1.96. The first kappa shape index (κ1) is 13.9. The van der Waals surface area contributed by atoms with E-state index >= 15 is 0 Å². The van der Waals surface area contributed by atoms with Gasteiger partial charge in [-0.3, -0.25) is 0 Å². The van der Waals surface area contributed by atoms with Gasteiger partial charge in [-0.15, -0.1) is 0 Å². The van der Waals surface area contributed by atoms with Gasteiger partial charge in [-0.1, -0.05) is 0 Å². The number of rotatable bonds is 3. The van der Waals surface area contributed by atoms with Crippen molar-refractivity contribution in [2.75, 3.05) is 6.54 Å². The summed E-state index contributed by atoms with van der Waals surface area (Å²) in [5.74, 6) is 0. The molecule has 1 amide bonds. The summed E-state index contributed by atoms with van der Waals surface area (Å²) in [5.41, 5.74) is -0.552. The van der Waals surface area contributed by atoms with Crippen LogP contribution in [0.4, 0.5) is 9.18 Å². The van der Waals surface area contributed by atoms with E-state index in [1.807, 2.05) is 0 Å². The van der Waals surface area contributed by atoms with Gasteiger partial charge in [0.2, 0.25) is 0 Å². The van der Waals surface area contributed by atoms with Crippen LogP contribution in [-0.4, -0.2) is 41.6 Å². The Bertz CT molecular complexity index is 288. The summed E-state index contributed by atoms with van der Waals surface area (Å²) in [6.07, 6.45) is -0.00160. The largest absolute Gasteiger partial charge is 0.444 e. The van der Waals surface area contributed by atoms with Gasteiger partial charge >= 0.3 is 6.09 Å². The average Bonchev–Trinajstić information content (AvgIpc) is 2.63. The highest BCUT2D eigenvalue weighted by molar-refractivity contribution is 5.69. The van der Waals surface area contributed by atoms with Crippen molar-refractivity contribution in [2.45, 2.75) is 57.8 Å². The number of amides is 1. The maximum absolute atomic E-state index is 13.0. The molecular weight excluding hydrogens is 225 g/mol. The molecule has 4 nitrogen and oxygen atoms in total. The molecule has 1 aliphatic rings. The van der Waals surface area contributed by atoms with Crippen molar-refractivity contribution in [3.8, 4) is 0 Å². The molecule has 1 saturated heterocycles. The highest BCUT2D eigenvalue weighted by Crippen LogP contribution is 2.24. The monoisotopic (exact) mass is 245 g/mol. The fraction of sp³-hybridized carbons (Fsp3) is 0.833. The van der Waals surface area contributed by atoms with E-state index in [2.05, 4.69) is 0 Å². The molecule has 0 bridgehead atoms. The Hall–Kier alpha value is -1.13. The molecule has 0 N–H and O–H groups in total. The van der Waals surface area contributed by atoms with Crippen LogP contribution in [0.25, 0.3) is 0 Å². The van der Waals surface area contributed by atoms with Gasteiger partial charge in [-0.2, -0.15) is 0 Å². The summed E-state index contributed by atoms with van der Waals surface area (Å²) in [5, 5.41) is 0. The quantitative estimate of drug-likeness (QED) is 0.717. The van der Waals surface area contributed by atoms with Crippen molar-refractivity contribution in [2.24, 2.45) is 0 Å². The summed E-state index contributed by atoms with van der Waals surface area (Å²) >= 11 is 0. The maximum Gasteiger partial charge on any atom is 0.410 e. The lowest BCUT2D eigenvalue weighted by molar-refractivity contribution is -0.112. The van der Waals surface area contributed by atoms with E-state index in [0.717, 1.165) is 12.8 Å². The Labute approximate surface area is 101 Å². The van der Waals surface area contributed by atoms with E-state index < -0.39 is 17.9 Å². The molecular formula is C12H20FNO3. The van der Waals surface area contributed by atoms with Crippen LogP contribution in [0.1, 0.15) is 40.0 Å². The second-order valence-corrected chi connectivity index (χ2v) is 5.36. The summed E-state index contributed by atoms with van der Waals surface area (Å²) in [7, 11) is 0. The van der Waals surface area contributed by atoms with Crippen LogP contribution in [-0.2, 0) is 9.53 Å². The molecule has 17 heavy (non-hydrogen) atoms. The third-order valence-corrected chi connectivity index (χ3v) is 2.65. The average molecular weight is 245 g/mol. The van der Waals surface area contributed by atoms with Crippen molar-refractivity contribution in [3.05, 3.63) is 0 Å². The summed E-state index contributed by atoms with van der Waals surface area (Å²) < 4.78 is 18.3. The van der Waals surface area contributed by atoms with Crippen molar-refractivity contribution in [3.63, 3.8) is 0 Å². The lowest BCUT2D eigenvalue weighted by Gasteiger charge is -2.28. The second-order valence-electron chi connectivity index (χ2n) is 5.36. The van der Waals surface area contributed by atoms with Crippen molar-refractivity contribution >= 4 is 12.4 Å². The van der Waals surface area contributed by atoms with Crippen molar-refractivity contribution in [1.82, 2.24) is 4.90 Å². The number of nitrogens with zero attached hydrogens (tertiary/aromatic N) is 1. The van der Waals surface area contributed by atoms with E-state index in [4.69, 9.17) is 4.74 Å². The Balaban J connectivity index is 2.56. The summed E-state index contributed by atoms with van der Waals surface area (Å²) in [6, 6.07) is -0.218. The molecule has 0 spiro atoms. The molecule has 0 saturated carbocycles. The number of halogens is 1. The minimum absolute atomic E-state index is 0.0722. The van der Waals surface area contributed by atoms with E-state index in [0.29, 0.717) is 6.54 Å². The smallest absolute Gasteiger partial charge is 0.410 e. The Morgan fingerprint density at radius 3 is 2.76 bits per heavy atom. The predicted octanol–water partition coefficient (Wildman–Crippen LogP) is 2.31. The van der Waals surface area contributed by atoms with Crippen LogP contribution in [0.2, 0.25) is 0 Å². The lowest BCUT2D eigenvalue weighted by atomic mass is 10.1. The standard InChI is InChI=1S/C12H20FNO3/c1-12(2,3)17-11(16)14-6-4-5-10(14)7-9(13)8-15/h8-10H,4-7H2,1-3H3. The van der Waals surface area contributed by atoms with Crippen LogP contribution >= 0.6 is 0 Å². The van der Waals surface area contributed by atoms with Crippen molar-refractivity contribution in [1.29, 1.82) is 0 Å². The second kappa shape index (κ2) is 5.47. The Morgan fingerprint density at radius 1 is 1.59 bits per heavy atom. The Kier molecular flexibility index (Phi) is 4.48. The molecule has 0 radical (unpaired) electrons. The minimum Gasteiger partial charge on any atom is -0.444 e. The molecule has 1 fully saturated rings. The molecule has 1 rings (SSSR count). The van der Waals surface area contributed by atoms with E-state index in [1.54, 1.807) is 20.8 Å². The first-order valence-electron chi connectivity index (χ1n) is 5.92. The van der Waals surface area contributed by atoms with Gasteiger partial charge in [-0.05, 0) is 33.6 Å². The van der Waals surface area contributed by atoms with Crippen LogP contribution in [0.15, 0.2) is 0 Å². The molecule has 1 aliphatic heterocycles. The van der Waals surface area contributed by atoms with E-state index in [9.17, 15) is 14.0 Å². The number of carbonyl (C=O) groups excluding carboxylic acids is 2. The predicted molar refractivity (Wildman–Crippen MR) is 61.5 cm³/mol. The molecule has 5 heteroatoms. The summed E-state index contributed by atoms with van der Waals surface area (Å²) in [4.78, 5) is 23.7. The number of carbonyl (C=O) groups is 2. The molecule has 1 heterocycles. The zero-order valence-corrected chi connectivity index (χ0v) is 10.6. The van der Waals surface area contributed by atoms with Crippen LogP contribution in [0.3, 0.4) is 0 Å². The molecule has 0 aromatic carbocycles. The topological polar surface area (TPSA) is 46.6 Å². The van der Waals surface area contributed by atoms with E-state index in [1.165, 1.54) is 4.90 Å². The lowest BCUT2D eigenvalue weighted by Crippen LogP contribution is -2.40. The van der Waals surface area contributed by atoms with Crippen LogP contribution in [0, 0.1) is 0 Å². The van der Waals surface area contributed by atoms with Crippen molar-refractivity contribution < 1.29 is 18.7 Å². The minimum atomic E-state index is -1.50. The molecule has 2 atom stereocenters. The molecule has 0 aromatic rings. The van der Waals surface area contributed by atoms with Gasteiger partial charge in [0.05, 0.1) is 0 Å². The van der Waals surface area contributed by atoms with Gasteiger partial charge in [0, 0.05) is 19.0 Å². The molecule has 0 aromatic heterocycles. The molecule has 98 valence electrons. The maximum atomic E-state index is 13.0. The van der Waals surface area contributed by atoms with Gasteiger partial charge < -0.3 is 14.4 Å². The number of ether oxygens (including phenoxy) is 1. The Morgan fingerprint density at radius 2 is 2.24 bits per heavy atom. The number of likely N-dealkylation sites (tertiary alicyclic amines) is 1. The highest BCUT2D eigenvalue weighted by Gasteiger charge is 2.33. The van der Waals surface area contributed by atoms with E-state index in [-0.39, 0.29) is 18.7 Å². The first-order valence-corrected chi connectivity index (χ1v) is 5.92. The zero-order chi connectivity index (χ0) is 13.1. The zero-order valence-electron chi connectivity index (χ0n) is 10.6. The van der Waals surface area contributed by atoms with Crippen LogP contribution < -0.4 is 0 Å². The number of hydrogen-bond acceptors (Lipinski definition) is 3. The third-order valence-electron chi connectivity index (χ3n) is 2.65. The number of hydrogen-bond donors (Lipinski definition) is 0. The van der Waals surface area contributed by atoms with Gasteiger partial charge in [0.15, 0.2) is 12.5 Å². The third kappa shape index (κ3) is 4.32. The van der Waals surface area contributed by atoms with Gasteiger partial charge in [-0.25, -0.2) is 9.18 Å².